The zero-order chi connectivity index (χ0) is 22.3. The molecule has 0 aliphatic rings. The predicted octanol–water partition coefficient (Wildman–Crippen LogP) is 2.71. The number of nitrogens with one attached hydrogen (secondary N) is 1. The third-order valence-corrected chi connectivity index (χ3v) is 5.64. The SMILES string of the molecule is COc1cccc(OCCNC(=O)[C@@H](C)N(c2cc(Cl)ccc2OC)S(C)(=O)=O)c1. The summed E-state index contributed by atoms with van der Waals surface area (Å²) in [7, 11) is -0.835. The zero-order valence-electron chi connectivity index (χ0n) is 17.2. The molecule has 0 radical (unpaired) electrons. The molecule has 10 heteroatoms. The number of ether oxygens (including phenoxy) is 3. The van der Waals surface area contributed by atoms with Gasteiger partial charge in [0, 0.05) is 11.1 Å². The van der Waals surface area contributed by atoms with Gasteiger partial charge in [0.25, 0.3) is 0 Å². The molecular weight excluding hydrogens is 432 g/mol. The van der Waals surface area contributed by atoms with Gasteiger partial charge >= 0.3 is 0 Å². The number of amides is 1. The summed E-state index contributed by atoms with van der Waals surface area (Å²) in [5.74, 6) is 1.05. The third kappa shape index (κ3) is 6.17. The number of benzene rings is 2. The monoisotopic (exact) mass is 456 g/mol. The molecule has 0 bridgehead atoms. The Morgan fingerprint density at radius 3 is 2.47 bits per heavy atom. The molecule has 0 spiro atoms. The molecule has 0 saturated heterocycles. The number of nitrogens with zero attached hydrogens (tertiary/aromatic N) is 1. The van der Waals surface area contributed by atoms with E-state index in [1.807, 2.05) is 0 Å². The highest BCUT2D eigenvalue weighted by Crippen LogP contribution is 2.34. The molecule has 0 fully saturated rings. The first kappa shape index (κ1) is 23.6. The summed E-state index contributed by atoms with van der Waals surface area (Å²) < 4.78 is 41.8. The van der Waals surface area contributed by atoms with Crippen molar-refractivity contribution in [1.29, 1.82) is 0 Å². The largest absolute Gasteiger partial charge is 0.497 e. The molecule has 30 heavy (non-hydrogen) atoms. The lowest BCUT2D eigenvalue weighted by molar-refractivity contribution is -0.121. The third-order valence-electron chi connectivity index (χ3n) is 4.18. The van der Waals surface area contributed by atoms with Gasteiger partial charge in [0.1, 0.15) is 29.9 Å². The maximum absolute atomic E-state index is 12.6. The number of halogens is 1. The molecule has 164 valence electrons. The van der Waals surface area contributed by atoms with Crippen molar-refractivity contribution in [3.63, 3.8) is 0 Å². The second-order valence-electron chi connectivity index (χ2n) is 6.37. The van der Waals surface area contributed by atoms with Crippen LogP contribution in [0.4, 0.5) is 5.69 Å². The highest BCUT2D eigenvalue weighted by molar-refractivity contribution is 7.92. The van der Waals surface area contributed by atoms with Gasteiger partial charge in [-0.1, -0.05) is 17.7 Å². The van der Waals surface area contributed by atoms with E-state index in [2.05, 4.69) is 5.32 Å². The van der Waals surface area contributed by atoms with Crippen molar-refractivity contribution in [3.8, 4) is 17.2 Å². The average molecular weight is 457 g/mol. The van der Waals surface area contributed by atoms with Gasteiger partial charge in [-0.3, -0.25) is 9.10 Å². The van der Waals surface area contributed by atoms with Crippen molar-refractivity contribution in [1.82, 2.24) is 5.32 Å². The summed E-state index contributed by atoms with van der Waals surface area (Å²) in [4.78, 5) is 12.6. The topological polar surface area (TPSA) is 94.2 Å². The fraction of sp³-hybridized carbons (Fsp3) is 0.350. The molecule has 8 nitrogen and oxygen atoms in total. The summed E-state index contributed by atoms with van der Waals surface area (Å²) in [5, 5.41) is 3.00. The van der Waals surface area contributed by atoms with Crippen LogP contribution in [0.1, 0.15) is 6.92 Å². The number of hydrogen-bond acceptors (Lipinski definition) is 6. The van der Waals surface area contributed by atoms with Gasteiger partial charge in [-0.05, 0) is 37.3 Å². The maximum atomic E-state index is 12.6. The molecule has 1 atom stereocenters. The van der Waals surface area contributed by atoms with Gasteiger partial charge in [0.15, 0.2) is 0 Å². The second-order valence-corrected chi connectivity index (χ2v) is 8.67. The second kappa shape index (κ2) is 10.4. The Balaban J connectivity index is 2.07. The van der Waals surface area contributed by atoms with Crippen molar-refractivity contribution >= 4 is 33.2 Å². The summed E-state index contributed by atoms with van der Waals surface area (Å²) in [6, 6.07) is 10.6. The molecule has 0 heterocycles. The van der Waals surface area contributed by atoms with Gasteiger partial charge in [0.05, 0.1) is 32.7 Å². The molecule has 2 aromatic rings. The van der Waals surface area contributed by atoms with E-state index < -0.39 is 22.0 Å². The molecule has 0 unspecified atom stereocenters. The molecule has 1 amide bonds. The van der Waals surface area contributed by atoms with E-state index in [0.29, 0.717) is 16.5 Å². The normalized spacial score (nSPS) is 12.0. The molecule has 1 N–H and O–H groups in total. The molecule has 2 rings (SSSR count). The van der Waals surface area contributed by atoms with Gasteiger partial charge in [-0.2, -0.15) is 0 Å². The first-order valence-corrected chi connectivity index (χ1v) is 11.3. The number of sulfonamides is 1. The zero-order valence-corrected chi connectivity index (χ0v) is 18.8. The van der Waals surface area contributed by atoms with Crippen molar-refractivity contribution in [2.45, 2.75) is 13.0 Å². The molecule has 0 aromatic heterocycles. The fourth-order valence-electron chi connectivity index (χ4n) is 2.80. The van der Waals surface area contributed by atoms with Crippen LogP contribution in [0.5, 0.6) is 17.2 Å². The minimum absolute atomic E-state index is 0.183. The van der Waals surface area contributed by atoms with E-state index in [1.165, 1.54) is 20.1 Å². The summed E-state index contributed by atoms with van der Waals surface area (Å²) >= 11 is 6.03. The number of carbonyl (C=O) groups excluding carboxylic acids is 1. The number of carbonyl (C=O) groups is 1. The minimum Gasteiger partial charge on any atom is -0.497 e. The number of anilines is 1. The lowest BCUT2D eigenvalue weighted by Crippen LogP contribution is -2.48. The lowest BCUT2D eigenvalue weighted by Gasteiger charge is -2.29. The Morgan fingerprint density at radius 2 is 1.83 bits per heavy atom. The van der Waals surface area contributed by atoms with E-state index in [1.54, 1.807) is 43.5 Å². The van der Waals surface area contributed by atoms with E-state index >= 15 is 0 Å². The fourth-order valence-corrected chi connectivity index (χ4v) is 4.13. The van der Waals surface area contributed by atoms with Crippen LogP contribution in [0.3, 0.4) is 0 Å². The van der Waals surface area contributed by atoms with Crippen molar-refractivity contribution in [3.05, 3.63) is 47.5 Å². The van der Waals surface area contributed by atoms with E-state index in [4.69, 9.17) is 25.8 Å². The first-order chi connectivity index (χ1) is 14.2. The summed E-state index contributed by atoms with van der Waals surface area (Å²) in [6.45, 7) is 1.87. The Morgan fingerprint density at radius 1 is 1.13 bits per heavy atom. The van der Waals surface area contributed by atoms with Crippen LogP contribution in [0.25, 0.3) is 0 Å². The smallest absolute Gasteiger partial charge is 0.243 e. The molecule has 2 aromatic carbocycles. The molecule has 0 saturated carbocycles. The van der Waals surface area contributed by atoms with Crippen LogP contribution in [0.2, 0.25) is 5.02 Å². The van der Waals surface area contributed by atoms with E-state index in [9.17, 15) is 13.2 Å². The standard InChI is InChI=1S/C20H25ClN2O6S/c1-14(20(24)22-10-11-29-17-7-5-6-16(13-17)27-2)23(30(4,25)26)18-12-15(21)8-9-19(18)28-3/h5-9,12-14H,10-11H2,1-4H3,(H,22,24)/t14-/m1/s1. The van der Waals surface area contributed by atoms with Crippen molar-refractivity contribution in [2.24, 2.45) is 0 Å². The summed E-state index contributed by atoms with van der Waals surface area (Å²) in [5.41, 5.74) is 0.183. The molecule has 0 aliphatic heterocycles. The minimum atomic E-state index is -3.80. The quantitative estimate of drug-likeness (QED) is 0.552. The van der Waals surface area contributed by atoms with Gasteiger partial charge in [0.2, 0.25) is 15.9 Å². The van der Waals surface area contributed by atoms with Crippen molar-refractivity contribution < 1.29 is 27.4 Å². The van der Waals surface area contributed by atoms with Gasteiger partial charge in [-0.15, -0.1) is 0 Å². The molecular formula is C20H25ClN2O6S. The van der Waals surface area contributed by atoms with Crippen molar-refractivity contribution in [2.75, 3.05) is 37.9 Å². The summed E-state index contributed by atoms with van der Waals surface area (Å²) in [6.07, 6.45) is 1.02. The Hall–Kier alpha value is -2.65. The Bertz CT molecular complexity index is 983. The predicted molar refractivity (Wildman–Crippen MR) is 116 cm³/mol. The van der Waals surface area contributed by atoms with Gasteiger partial charge < -0.3 is 19.5 Å². The van der Waals surface area contributed by atoms with E-state index in [0.717, 1.165) is 10.6 Å². The van der Waals surface area contributed by atoms with Crippen LogP contribution in [-0.2, 0) is 14.8 Å². The average Bonchev–Trinajstić information content (AvgIpc) is 2.70. The molecule has 0 aliphatic carbocycles. The Kier molecular flexibility index (Phi) is 8.19. The number of methoxy groups -OCH3 is 2. The van der Waals surface area contributed by atoms with Crippen LogP contribution in [0, 0.1) is 0 Å². The van der Waals surface area contributed by atoms with Crippen LogP contribution >= 0.6 is 11.6 Å². The van der Waals surface area contributed by atoms with Crippen LogP contribution < -0.4 is 23.8 Å². The van der Waals surface area contributed by atoms with Crippen LogP contribution in [-0.4, -0.2) is 54.0 Å². The van der Waals surface area contributed by atoms with E-state index in [-0.39, 0.29) is 24.6 Å². The highest BCUT2D eigenvalue weighted by atomic mass is 35.5. The maximum Gasteiger partial charge on any atom is 0.243 e. The van der Waals surface area contributed by atoms with Gasteiger partial charge in [-0.25, -0.2) is 8.42 Å². The Labute approximate surface area is 181 Å². The number of rotatable bonds is 10. The lowest BCUT2D eigenvalue weighted by atomic mass is 10.2. The van der Waals surface area contributed by atoms with Crippen LogP contribution in [0.15, 0.2) is 42.5 Å². The number of hydrogen-bond donors (Lipinski definition) is 1. The first-order valence-electron chi connectivity index (χ1n) is 9.05. The highest BCUT2D eigenvalue weighted by Gasteiger charge is 2.31.